The van der Waals surface area contributed by atoms with Crippen molar-refractivity contribution in [2.75, 3.05) is 0 Å². The molecule has 0 fully saturated rings. The van der Waals surface area contributed by atoms with Gasteiger partial charge in [0.1, 0.15) is 11.7 Å². The van der Waals surface area contributed by atoms with Gasteiger partial charge in [-0.25, -0.2) is 9.18 Å². The zero-order valence-corrected chi connectivity index (χ0v) is 16.4. The Morgan fingerprint density at radius 2 is 2.00 bits per heavy atom. The molecular formula is C17H18FIN2O4. The molecule has 6 nitrogen and oxygen atoms in total. The van der Waals surface area contributed by atoms with E-state index in [0.717, 1.165) is 0 Å². The fourth-order valence-electron chi connectivity index (χ4n) is 2.81. The first-order valence-electron chi connectivity index (χ1n) is 7.62. The number of dihydropyridines is 1. The number of carbonyl (C=O) groups is 1. The Hall–Kier alpha value is -1.97. The van der Waals surface area contributed by atoms with Crippen molar-refractivity contribution >= 4 is 28.6 Å². The number of halogens is 2. The largest absolute Gasteiger partial charge is 0.460 e. The van der Waals surface area contributed by atoms with Crippen LogP contribution in [0.2, 0.25) is 0 Å². The average Bonchev–Trinajstić information content (AvgIpc) is 2.44. The molecule has 25 heavy (non-hydrogen) atoms. The number of allylic oxidation sites excluding steroid dienone is 3. The Labute approximate surface area is 158 Å². The first kappa shape index (κ1) is 19.4. The van der Waals surface area contributed by atoms with Gasteiger partial charge in [0.2, 0.25) is 0 Å². The maximum absolute atomic E-state index is 14.6. The predicted octanol–water partition coefficient (Wildman–Crippen LogP) is 3.85. The SMILES string of the molecule is CC1=C(C(=O)OC(C)C)[C@H](c2ccc(I)cc2F)C([N+](=O)[O-])=C(C)N1. The van der Waals surface area contributed by atoms with Gasteiger partial charge in [0.25, 0.3) is 5.70 Å². The smallest absolute Gasteiger partial charge is 0.337 e. The summed E-state index contributed by atoms with van der Waals surface area (Å²) in [5.74, 6) is -2.44. The molecule has 0 aliphatic carbocycles. The van der Waals surface area contributed by atoms with Crippen molar-refractivity contribution in [2.45, 2.75) is 39.7 Å². The van der Waals surface area contributed by atoms with Crippen molar-refractivity contribution in [1.82, 2.24) is 5.32 Å². The van der Waals surface area contributed by atoms with Gasteiger partial charge in [-0.1, -0.05) is 6.07 Å². The second-order valence-corrected chi connectivity index (χ2v) is 7.23. The van der Waals surface area contributed by atoms with Crippen LogP contribution in [0.5, 0.6) is 0 Å². The quantitative estimate of drug-likeness (QED) is 0.320. The fourth-order valence-corrected chi connectivity index (χ4v) is 3.26. The van der Waals surface area contributed by atoms with Gasteiger partial charge in [-0.2, -0.15) is 0 Å². The molecule has 1 N–H and O–H groups in total. The summed E-state index contributed by atoms with van der Waals surface area (Å²) in [6, 6.07) is 4.40. The lowest BCUT2D eigenvalue weighted by molar-refractivity contribution is -0.431. The number of nitro groups is 1. The molecule has 0 aromatic heterocycles. The highest BCUT2D eigenvalue weighted by Crippen LogP contribution is 2.40. The molecule has 0 unspecified atom stereocenters. The van der Waals surface area contributed by atoms with E-state index in [1.165, 1.54) is 19.1 Å². The van der Waals surface area contributed by atoms with Crippen LogP contribution in [0.4, 0.5) is 4.39 Å². The number of benzene rings is 1. The zero-order chi connectivity index (χ0) is 18.9. The summed E-state index contributed by atoms with van der Waals surface area (Å²) >= 11 is 1.95. The molecule has 0 radical (unpaired) electrons. The standard InChI is InChI=1S/C17H18FIN2O4/c1-8(2)25-17(22)14-9(3)20-10(4)16(21(23)24)15(14)12-6-5-11(19)7-13(12)18/h5-8,15,20H,1-4H3/t15-/m0/s1. The normalized spacial score (nSPS) is 17.6. The van der Waals surface area contributed by atoms with Gasteiger partial charge in [0, 0.05) is 14.8 Å². The lowest BCUT2D eigenvalue weighted by atomic mass is 9.84. The minimum absolute atomic E-state index is 0.0473. The summed E-state index contributed by atoms with van der Waals surface area (Å²) in [6.45, 7) is 6.51. The van der Waals surface area contributed by atoms with Gasteiger partial charge in [-0.3, -0.25) is 10.1 Å². The number of ether oxygens (including phenoxy) is 1. The van der Waals surface area contributed by atoms with Crippen molar-refractivity contribution in [1.29, 1.82) is 0 Å². The van der Waals surface area contributed by atoms with E-state index in [9.17, 15) is 19.3 Å². The second kappa shape index (κ2) is 7.51. The van der Waals surface area contributed by atoms with E-state index in [-0.39, 0.29) is 22.5 Å². The van der Waals surface area contributed by atoms with Crippen LogP contribution >= 0.6 is 22.6 Å². The third kappa shape index (κ3) is 4.00. The second-order valence-electron chi connectivity index (χ2n) is 5.98. The summed E-state index contributed by atoms with van der Waals surface area (Å²) in [6.07, 6.45) is -0.402. The maximum atomic E-state index is 14.6. The number of hydrogen-bond donors (Lipinski definition) is 1. The third-order valence-electron chi connectivity index (χ3n) is 3.76. The van der Waals surface area contributed by atoms with E-state index in [1.807, 2.05) is 22.6 Å². The Morgan fingerprint density at radius 1 is 1.36 bits per heavy atom. The van der Waals surface area contributed by atoms with Gasteiger partial charge >= 0.3 is 5.97 Å². The first-order chi connectivity index (χ1) is 11.6. The van der Waals surface area contributed by atoms with Gasteiger partial charge in [-0.15, -0.1) is 0 Å². The van der Waals surface area contributed by atoms with Crippen LogP contribution in [-0.4, -0.2) is 17.0 Å². The minimum atomic E-state index is -1.14. The van der Waals surface area contributed by atoms with Crippen LogP contribution in [0.25, 0.3) is 0 Å². The van der Waals surface area contributed by atoms with Crippen molar-refractivity contribution in [3.63, 3.8) is 0 Å². The molecule has 134 valence electrons. The van der Waals surface area contributed by atoms with Crippen LogP contribution in [0.15, 0.2) is 40.9 Å². The van der Waals surface area contributed by atoms with Crippen molar-refractivity contribution in [3.05, 3.63) is 65.9 Å². The van der Waals surface area contributed by atoms with Crippen LogP contribution < -0.4 is 5.32 Å². The van der Waals surface area contributed by atoms with E-state index in [1.54, 1.807) is 26.8 Å². The maximum Gasteiger partial charge on any atom is 0.337 e. The fraction of sp³-hybridized carbons (Fsp3) is 0.353. The Balaban J connectivity index is 2.69. The Morgan fingerprint density at radius 3 is 2.52 bits per heavy atom. The average molecular weight is 460 g/mol. The molecule has 1 atom stereocenters. The number of nitrogens with zero attached hydrogens (tertiary/aromatic N) is 1. The number of rotatable bonds is 4. The number of hydrogen-bond acceptors (Lipinski definition) is 5. The number of carbonyl (C=O) groups excluding carboxylic acids is 1. The van der Waals surface area contributed by atoms with Gasteiger partial charge in [0.05, 0.1) is 22.3 Å². The molecule has 1 aliphatic heterocycles. The van der Waals surface area contributed by atoms with Crippen LogP contribution in [0, 0.1) is 19.5 Å². The molecule has 2 rings (SSSR count). The number of nitrogens with one attached hydrogen (secondary N) is 1. The van der Waals surface area contributed by atoms with Gasteiger partial charge in [0.15, 0.2) is 0 Å². The van der Waals surface area contributed by atoms with E-state index in [2.05, 4.69) is 5.32 Å². The van der Waals surface area contributed by atoms with Gasteiger partial charge in [-0.05, 0) is 62.4 Å². The lowest BCUT2D eigenvalue weighted by Gasteiger charge is -2.27. The van der Waals surface area contributed by atoms with Crippen LogP contribution in [-0.2, 0) is 9.53 Å². The Bertz CT molecular complexity index is 802. The zero-order valence-electron chi connectivity index (χ0n) is 14.2. The third-order valence-corrected chi connectivity index (χ3v) is 4.43. The monoisotopic (exact) mass is 460 g/mol. The molecule has 1 aromatic rings. The highest BCUT2D eigenvalue weighted by molar-refractivity contribution is 14.1. The molecular weight excluding hydrogens is 442 g/mol. The summed E-state index contributed by atoms with van der Waals surface area (Å²) in [4.78, 5) is 23.6. The molecule has 0 saturated carbocycles. The van der Waals surface area contributed by atoms with E-state index >= 15 is 0 Å². The van der Waals surface area contributed by atoms with Crippen molar-refractivity contribution < 1.29 is 18.8 Å². The molecule has 0 amide bonds. The van der Waals surface area contributed by atoms with Crippen LogP contribution in [0.1, 0.15) is 39.2 Å². The molecule has 0 bridgehead atoms. The summed E-state index contributed by atoms with van der Waals surface area (Å²) in [5, 5.41) is 14.5. The summed E-state index contributed by atoms with van der Waals surface area (Å²) in [5.41, 5.74) is 0.541. The van der Waals surface area contributed by atoms with Crippen LogP contribution in [0.3, 0.4) is 0 Å². The lowest BCUT2D eigenvalue weighted by Crippen LogP contribution is -2.32. The highest BCUT2D eigenvalue weighted by atomic mass is 127. The molecule has 8 heteroatoms. The highest BCUT2D eigenvalue weighted by Gasteiger charge is 2.42. The molecule has 1 heterocycles. The van der Waals surface area contributed by atoms with E-state index in [4.69, 9.17) is 4.74 Å². The molecule has 1 aliphatic rings. The summed E-state index contributed by atoms with van der Waals surface area (Å²) in [7, 11) is 0. The van der Waals surface area contributed by atoms with E-state index in [0.29, 0.717) is 9.27 Å². The van der Waals surface area contributed by atoms with Crippen molar-refractivity contribution in [3.8, 4) is 0 Å². The van der Waals surface area contributed by atoms with Gasteiger partial charge < -0.3 is 10.1 Å². The van der Waals surface area contributed by atoms with E-state index < -0.39 is 28.7 Å². The Kier molecular flexibility index (Phi) is 5.81. The van der Waals surface area contributed by atoms with Crippen molar-refractivity contribution in [2.24, 2.45) is 0 Å². The molecule has 0 saturated heterocycles. The predicted molar refractivity (Wildman–Crippen MR) is 98.6 cm³/mol. The molecule has 1 aromatic carbocycles. The summed E-state index contributed by atoms with van der Waals surface area (Å²) < 4.78 is 20.5. The minimum Gasteiger partial charge on any atom is -0.460 e. The first-order valence-corrected chi connectivity index (χ1v) is 8.70. The molecule has 0 spiro atoms. The number of esters is 1. The topological polar surface area (TPSA) is 81.5 Å².